The number of rotatable bonds is 8. The minimum absolute atomic E-state index is 0.198. The van der Waals surface area contributed by atoms with Gasteiger partial charge in [-0.3, -0.25) is 9.59 Å². The van der Waals surface area contributed by atoms with Gasteiger partial charge >= 0.3 is 0 Å². The van der Waals surface area contributed by atoms with Crippen LogP contribution in [0.3, 0.4) is 0 Å². The van der Waals surface area contributed by atoms with Crippen LogP contribution in [0.2, 0.25) is 0 Å². The van der Waals surface area contributed by atoms with E-state index in [9.17, 15) is 26.8 Å². The average molecular weight is 506 g/mol. The molecule has 2 aromatic carbocycles. The third kappa shape index (κ3) is 6.95. The van der Waals surface area contributed by atoms with E-state index in [0.29, 0.717) is 18.7 Å². The zero-order chi connectivity index (χ0) is 25.4. The van der Waals surface area contributed by atoms with Crippen molar-refractivity contribution >= 4 is 33.6 Å². The summed E-state index contributed by atoms with van der Waals surface area (Å²) < 4.78 is 54.8. The van der Waals surface area contributed by atoms with Gasteiger partial charge in [0.25, 0.3) is 0 Å². The number of carbonyl (C=O) groups is 2. The Morgan fingerprint density at radius 3 is 2.17 bits per heavy atom. The SMILES string of the molecule is CCN(CC(=O)Nc1c(F)cccc1F)C(=O)/C=C/c1ccc(S(=O)(=O)N2CCCCCC2)cc1. The number of sulfonamides is 1. The van der Waals surface area contributed by atoms with Crippen LogP contribution >= 0.6 is 0 Å². The summed E-state index contributed by atoms with van der Waals surface area (Å²) in [5, 5.41) is 2.16. The molecule has 1 aliphatic heterocycles. The van der Waals surface area contributed by atoms with E-state index in [0.717, 1.165) is 37.8 Å². The maximum Gasteiger partial charge on any atom is 0.247 e. The van der Waals surface area contributed by atoms with Crippen molar-refractivity contribution in [3.8, 4) is 0 Å². The fourth-order valence-corrected chi connectivity index (χ4v) is 5.29. The molecule has 2 amide bonds. The molecule has 2 aromatic rings. The second-order valence-electron chi connectivity index (χ2n) is 8.22. The molecule has 35 heavy (non-hydrogen) atoms. The van der Waals surface area contributed by atoms with Crippen LogP contribution in [-0.4, -0.2) is 55.6 Å². The number of amides is 2. The Labute approximate surface area is 204 Å². The molecule has 0 bridgehead atoms. The van der Waals surface area contributed by atoms with E-state index in [1.807, 2.05) is 0 Å². The minimum atomic E-state index is -3.56. The van der Waals surface area contributed by atoms with Crippen LogP contribution in [-0.2, 0) is 19.6 Å². The highest BCUT2D eigenvalue weighted by atomic mass is 32.2. The van der Waals surface area contributed by atoms with Gasteiger partial charge in [-0.05, 0) is 55.7 Å². The van der Waals surface area contributed by atoms with Gasteiger partial charge < -0.3 is 10.2 Å². The van der Waals surface area contributed by atoms with Gasteiger partial charge in [0, 0.05) is 25.7 Å². The Kier molecular flexibility index (Phi) is 9.11. The van der Waals surface area contributed by atoms with Crippen LogP contribution in [0.5, 0.6) is 0 Å². The molecular formula is C25H29F2N3O4S. The number of likely N-dealkylation sites (N-methyl/N-ethyl adjacent to an activating group) is 1. The summed E-state index contributed by atoms with van der Waals surface area (Å²) in [7, 11) is -3.56. The van der Waals surface area contributed by atoms with Crippen molar-refractivity contribution in [1.82, 2.24) is 9.21 Å². The predicted molar refractivity (Wildman–Crippen MR) is 130 cm³/mol. The van der Waals surface area contributed by atoms with E-state index >= 15 is 0 Å². The Balaban J connectivity index is 1.62. The lowest BCUT2D eigenvalue weighted by atomic mass is 10.2. The van der Waals surface area contributed by atoms with Crippen molar-refractivity contribution in [2.75, 3.05) is 31.5 Å². The van der Waals surface area contributed by atoms with Crippen LogP contribution in [0.15, 0.2) is 53.4 Å². The van der Waals surface area contributed by atoms with Gasteiger partial charge in [0.2, 0.25) is 21.8 Å². The van der Waals surface area contributed by atoms with E-state index in [1.165, 1.54) is 39.6 Å². The van der Waals surface area contributed by atoms with Crippen LogP contribution in [0.25, 0.3) is 6.08 Å². The summed E-state index contributed by atoms with van der Waals surface area (Å²) in [5.41, 5.74) is 0.0499. The standard InChI is InChI=1S/C25H29F2N3O4S/c1-2-29(18-23(31)28-25-21(26)8-7-9-22(25)27)24(32)15-12-19-10-13-20(14-11-19)35(33,34)30-16-5-3-4-6-17-30/h7-15H,2-6,16-18H2,1H3,(H,28,31)/b15-12+. The van der Waals surface area contributed by atoms with Crippen LogP contribution < -0.4 is 5.32 Å². The summed E-state index contributed by atoms with van der Waals surface area (Å²) in [4.78, 5) is 26.2. The first-order valence-corrected chi connectivity index (χ1v) is 13.0. The van der Waals surface area contributed by atoms with E-state index in [-0.39, 0.29) is 18.0 Å². The number of halogens is 2. The van der Waals surface area contributed by atoms with E-state index in [2.05, 4.69) is 5.32 Å². The van der Waals surface area contributed by atoms with Gasteiger partial charge in [-0.1, -0.05) is 31.0 Å². The average Bonchev–Trinajstić information content (AvgIpc) is 3.14. The first-order chi connectivity index (χ1) is 16.7. The van der Waals surface area contributed by atoms with Crippen molar-refractivity contribution in [2.24, 2.45) is 0 Å². The molecule has 0 spiro atoms. The van der Waals surface area contributed by atoms with Crippen LogP contribution in [0, 0.1) is 11.6 Å². The third-order valence-corrected chi connectivity index (χ3v) is 7.67. The number of nitrogens with zero attached hydrogens (tertiary/aromatic N) is 2. The topological polar surface area (TPSA) is 86.8 Å². The molecule has 1 heterocycles. The molecule has 7 nitrogen and oxygen atoms in total. The Morgan fingerprint density at radius 1 is 1.00 bits per heavy atom. The summed E-state index contributed by atoms with van der Waals surface area (Å²) in [6.45, 7) is 2.51. The maximum absolute atomic E-state index is 13.7. The molecular weight excluding hydrogens is 476 g/mol. The van der Waals surface area contributed by atoms with Gasteiger partial charge in [-0.2, -0.15) is 4.31 Å². The van der Waals surface area contributed by atoms with Crippen molar-refractivity contribution in [1.29, 1.82) is 0 Å². The fourth-order valence-electron chi connectivity index (χ4n) is 3.77. The number of hydrogen-bond acceptors (Lipinski definition) is 4. The number of carbonyl (C=O) groups excluding carboxylic acids is 2. The molecule has 0 aromatic heterocycles. The second kappa shape index (κ2) is 12.0. The lowest BCUT2D eigenvalue weighted by Crippen LogP contribution is -2.37. The quantitative estimate of drug-likeness (QED) is 0.549. The highest BCUT2D eigenvalue weighted by Gasteiger charge is 2.25. The number of benzene rings is 2. The van der Waals surface area contributed by atoms with E-state index in [4.69, 9.17) is 0 Å². The van der Waals surface area contributed by atoms with Crippen LogP contribution in [0.1, 0.15) is 38.2 Å². The molecule has 10 heteroatoms. The van der Waals surface area contributed by atoms with Crippen LogP contribution in [0.4, 0.5) is 14.5 Å². The zero-order valence-electron chi connectivity index (χ0n) is 19.5. The maximum atomic E-state index is 13.7. The predicted octanol–water partition coefficient (Wildman–Crippen LogP) is 4.03. The molecule has 1 aliphatic rings. The van der Waals surface area contributed by atoms with Gasteiger partial charge in [0.15, 0.2) is 0 Å². The summed E-state index contributed by atoms with van der Waals surface area (Å²) >= 11 is 0. The van der Waals surface area contributed by atoms with Gasteiger partial charge in [0.05, 0.1) is 4.90 Å². The molecule has 0 radical (unpaired) electrons. The smallest absolute Gasteiger partial charge is 0.247 e. The van der Waals surface area contributed by atoms with E-state index in [1.54, 1.807) is 19.1 Å². The fraction of sp³-hybridized carbons (Fsp3) is 0.360. The Bertz CT molecular complexity index is 1160. The largest absolute Gasteiger partial charge is 0.330 e. The normalized spacial score (nSPS) is 15.1. The van der Waals surface area contributed by atoms with Crippen molar-refractivity contribution in [3.05, 3.63) is 65.7 Å². The number of nitrogens with one attached hydrogen (secondary N) is 1. The molecule has 0 saturated carbocycles. The zero-order valence-corrected chi connectivity index (χ0v) is 20.4. The summed E-state index contributed by atoms with van der Waals surface area (Å²) in [5.74, 6) is -3.03. The van der Waals surface area contributed by atoms with E-state index < -0.39 is 39.2 Å². The molecule has 0 unspecified atom stereocenters. The summed E-state index contributed by atoms with van der Waals surface area (Å²) in [6.07, 6.45) is 6.54. The molecule has 1 saturated heterocycles. The molecule has 1 fully saturated rings. The van der Waals surface area contributed by atoms with Gasteiger partial charge in [-0.25, -0.2) is 17.2 Å². The Morgan fingerprint density at radius 2 is 1.60 bits per heavy atom. The van der Waals surface area contributed by atoms with Gasteiger partial charge in [0.1, 0.15) is 23.9 Å². The van der Waals surface area contributed by atoms with Crippen molar-refractivity contribution in [2.45, 2.75) is 37.5 Å². The third-order valence-electron chi connectivity index (χ3n) is 5.76. The summed E-state index contributed by atoms with van der Waals surface area (Å²) in [6, 6.07) is 9.47. The molecule has 0 atom stereocenters. The second-order valence-corrected chi connectivity index (χ2v) is 10.2. The highest BCUT2D eigenvalue weighted by molar-refractivity contribution is 7.89. The van der Waals surface area contributed by atoms with Gasteiger partial charge in [-0.15, -0.1) is 0 Å². The monoisotopic (exact) mass is 505 g/mol. The molecule has 1 N–H and O–H groups in total. The molecule has 188 valence electrons. The first-order valence-electron chi connectivity index (χ1n) is 11.5. The molecule has 0 aliphatic carbocycles. The first kappa shape index (κ1) is 26.5. The van der Waals surface area contributed by atoms with Crippen molar-refractivity contribution < 1.29 is 26.8 Å². The highest BCUT2D eigenvalue weighted by Crippen LogP contribution is 2.21. The minimum Gasteiger partial charge on any atom is -0.330 e. The number of para-hydroxylation sites is 1. The number of hydrogen-bond donors (Lipinski definition) is 1. The number of anilines is 1. The lowest BCUT2D eigenvalue weighted by molar-refractivity contribution is -0.130. The lowest BCUT2D eigenvalue weighted by Gasteiger charge is -2.20. The Hall–Kier alpha value is -3.11. The van der Waals surface area contributed by atoms with Crippen molar-refractivity contribution in [3.63, 3.8) is 0 Å². The molecule has 3 rings (SSSR count).